The molecule has 0 spiro atoms. The lowest BCUT2D eigenvalue weighted by molar-refractivity contribution is 0.206. The molecule has 7 heteroatoms. The van der Waals surface area contributed by atoms with Crippen LogP contribution in [-0.2, 0) is 6.54 Å². The molecule has 0 saturated carbocycles. The molecule has 1 fully saturated rings. The van der Waals surface area contributed by atoms with Gasteiger partial charge >= 0.3 is 0 Å². The molecule has 1 aliphatic rings. The van der Waals surface area contributed by atoms with Gasteiger partial charge in [-0.1, -0.05) is 6.92 Å². The van der Waals surface area contributed by atoms with Gasteiger partial charge in [0, 0.05) is 44.5 Å². The quantitative estimate of drug-likeness (QED) is 0.262. The number of likely N-dealkylation sites (tertiary alicyclic amines) is 1. The second-order valence-electron chi connectivity index (χ2n) is 7.02. The number of halogens is 1. The van der Waals surface area contributed by atoms with Crippen LogP contribution in [0.5, 0.6) is 0 Å². The van der Waals surface area contributed by atoms with E-state index in [1.165, 1.54) is 44.6 Å². The van der Waals surface area contributed by atoms with Crippen molar-refractivity contribution in [1.29, 1.82) is 0 Å². The highest BCUT2D eigenvalue weighted by Gasteiger charge is 2.19. The number of hydrogen-bond donors (Lipinski definition) is 2. The maximum Gasteiger partial charge on any atom is 0.191 e. The highest BCUT2D eigenvalue weighted by molar-refractivity contribution is 14.0. The Morgan fingerprint density at radius 2 is 1.96 bits per heavy atom. The minimum Gasteiger partial charge on any atom is -0.357 e. The lowest BCUT2D eigenvalue weighted by Gasteiger charge is -2.32. The van der Waals surface area contributed by atoms with E-state index in [4.69, 9.17) is 4.99 Å². The van der Waals surface area contributed by atoms with E-state index in [2.05, 4.69) is 52.2 Å². The van der Waals surface area contributed by atoms with Gasteiger partial charge in [-0.3, -0.25) is 9.67 Å². The molecule has 1 aromatic rings. The van der Waals surface area contributed by atoms with Crippen LogP contribution < -0.4 is 10.6 Å². The maximum absolute atomic E-state index is 4.75. The molecule has 150 valence electrons. The van der Waals surface area contributed by atoms with Crippen LogP contribution in [-0.4, -0.2) is 59.4 Å². The second kappa shape index (κ2) is 12.5. The molecule has 26 heavy (non-hydrogen) atoms. The predicted molar refractivity (Wildman–Crippen MR) is 121 cm³/mol. The van der Waals surface area contributed by atoms with Crippen LogP contribution in [0.15, 0.2) is 11.1 Å². The lowest BCUT2D eigenvalue weighted by Crippen LogP contribution is -2.48. The Balaban J connectivity index is 0.00000338. The third-order valence-corrected chi connectivity index (χ3v) is 4.71. The number of aliphatic imine (C=N–C) groups is 1. The van der Waals surface area contributed by atoms with E-state index in [0.29, 0.717) is 6.04 Å². The van der Waals surface area contributed by atoms with E-state index < -0.39 is 0 Å². The number of guanidine groups is 1. The molecule has 2 N–H and O–H groups in total. The molecular formula is C19H37IN6. The zero-order valence-corrected chi connectivity index (χ0v) is 19.3. The van der Waals surface area contributed by atoms with Gasteiger partial charge in [0.25, 0.3) is 0 Å². The summed E-state index contributed by atoms with van der Waals surface area (Å²) in [4.78, 5) is 7.32. The first kappa shape index (κ1) is 23.2. The Labute approximate surface area is 176 Å². The van der Waals surface area contributed by atoms with Crippen molar-refractivity contribution >= 4 is 29.9 Å². The molecule has 1 saturated heterocycles. The molecule has 0 aromatic carbocycles. The molecule has 0 radical (unpaired) electrons. The van der Waals surface area contributed by atoms with Gasteiger partial charge in [-0.2, -0.15) is 5.10 Å². The van der Waals surface area contributed by atoms with Gasteiger partial charge in [-0.15, -0.1) is 24.0 Å². The van der Waals surface area contributed by atoms with Crippen LogP contribution in [0, 0.1) is 13.8 Å². The van der Waals surface area contributed by atoms with Gasteiger partial charge in [0.05, 0.1) is 5.69 Å². The average Bonchev–Trinajstić information content (AvgIpc) is 2.91. The molecular weight excluding hydrogens is 439 g/mol. The first-order chi connectivity index (χ1) is 12.1. The maximum atomic E-state index is 4.75. The summed E-state index contributed by atoms with van der Waals surface area (Å²) in [6.07, 6.45) is 4.66. The van der Waals surface area contributed by atoms with Crippen LogP contribution in [0.25, 0.3) is 0 Å². The SMILES string of the molecule is CCCN1CCC(NC(=NCCCn2nc(C)cc2C)NCC)CC1.I. The van der Waals surface area contributed by atoms with E-state index in [9.17, 15) is 0 Å². The van der Waals surface area contributed by atoms with E-state index >= 15 is 0 Å². The van der Waals surface area contributed by atoms with Gasteiger partial charge in [0.1, 0.15) is 0 Å². The summed E-state index contributed by atoms with van der Waals surface area (Å²) in [5, 5.41) is 11.5. The van der Waals surface area contributed by atoms with Crippen LogP contribution in [0.4, 0.5) is 0 Å². The number of aromatic nitrogens is 2. The monoisotopic (exact) mass is 476 g/mol. The summed E-state index contributed by atoms with van der Waals surface area (Å²) in [7, 11) is 0. The Kier molecular flexibility index (Phi) is 11.2. The molecule has 2 rings (SSSR count). The topological polar surface area (TPSA) is 57.5 Å². The fraction of sp³-hybridized carbons (Fsp3) is 0.789. The Morgan fingerprint density at radius 1 is 1.23 bits per heavy atom. The number of aryl methyl sites for hydroxylation is 3. The minimum atomic E-state index is 0. The average molecular weight is 476 g/mol. The molecule has 6 nitrogen and oxygen atoms in total. The summed E-state index contributed by atoms with van der Waals surface area (Å²) in [5.74, 6) is 0.963. The van der Waals surface area contributed by atoms with Gasteiger partial charge < -0.3 is 15.5 Å². The van der Waals surface area contributed by atoms with Crippen molar-refractivity contribution < 1.29 is 0 Å². The summed E-state index contributed by atoms with van der Waals surface area (Å²) < 4.78 is 2.08. The summed E-state index contributed by atoms with van der Waals surface area (Å²) >= 11 is 0. The standard InChI is InChI=1S/C19H36N6.HI/c1-5-11-24-13-8-18(9-14-24)22-19(20-6-2)21-10-7-12-25-17(4)15-16(3)23-25;/h15,18H,5-14H2,1-4H3,(H2,20,21,22);1H. The van der Waals surface area contributed by atoms with E-state index in [1.807, 2.05) is 6.92 Å². The Morgan fingerprint density at radius 3 is 2.54 bits per heavy atom. The fourth-order valence-corrected chi connectivity index (χ4v) is 3.44. The van der Waals surface area contributed by atoms with Crippen molar-refractivity contribution in [2.45, 2.75) is 66.0 Å². The normalized spacial score (nSPS) is 16.4. The molecule has 0 atom stereocenters. The summed E-state index contributed by atoms with van der Waals surface area (Å²) in [5.41, 5.74) is 2.32. The van der Waals surface area contributed by atoms with Crippen molar-refractivity contribution in [2.75, 3.05) is 32.7 Å². The van der Waals surface area contributed by atoms with Crippen molar-refractivity contribution in [3.63, 3.8) is 0 Å². The molecule has 0 aliphatic carbocycles. The predicted octanol–water partition coefficient (Wildman–Crippen LogP) is 2.94. The third kappa shape index (κ3) is 7.82. The molecule has 0 amide bonds. The smallest absolute Gasteiger partial charge is 0.191 e. The second-order valence-corrected chi connectivity index (χ2v) is 7.02. The largest absolute Gasteiger partial charge is 0.357 e. The number of hydrogen-bond acceptors (Lipinski definition) is 3. The number of piperidine rings is 1. The van der Waals surface area contributed by atoms with Crippen molar-refractivity contribution in [2.24, 2.45) is 4.99 Å². The molecule has 1 aliphatic heterocycles. The number of nitrogens with one attached hydrogen (secondary N) is 2. The van der Waals surface area contributed by atoms with Gasteiger partial charge in [-0.05, 0) is 59.1 Å². The molecule has 0 bridgehead atoms. The highest BCUT2D eigenvalue weighted by atomic mass is 127. The van der Waals surface area contributed by atoms with E-state index in [1.54, 1.807) is 0 Å². The van der Waals surface area contributed by atoms with Crippen LogP contribution in [0.2, 0.25) is 0 Å². The number of rotatable bonds is 8. The zero-order valence-electron chi connectivity index (χ0n) is 16.9. The third-order valence-electron chi connectivity index (χ3n) is 4.71. The van der Waals surface area contributed by atoms with Gasteiger partial charge in [0.15, 0.2) is 5.96 Å². The highest BCUT2D eigenvalue weighted by Crippen LogP contribution is 2.10. The van der Waals surface area contributed by atoms with Crippen molar-refractivity contribution in [3.05, 3.63) is 17.5 Å². The van der Waals surface area contributed by atoms with Gasteiger partial charge in [-0.25, -0.2) is 0 Å². The Bertz CT molecular complexity index is 534. The van der Waals surface area contributed by atoms with E-state index in [0.717, 1.165) is 37.7 Å². The van der Waals surface area contributed by atoms with Crippen LogP contribution >= 0.6 is 24.0 Å². The molecule has 1 aromatic heterocycles. The fourth-order valence-electron chi connectivity index (χ4n) is 3.44. The summed E-state index contributed by atoms with van der Waals surface area (Å²) in [6, 6.07) is 2.67. The summed E-state index contributed by atoms with van der Waals surface area (Å²) in [6.45, 7) is 14.8. The van der Waals surface area contributed by atoms with Crippen LogP contribution in [0.1, 0.15) is 50.9 Å². The Hall–Kier alpha value is -0.830. The van der Waals surface area contributed by atoms with Crippen molar-refractivity contribution in [1.82, 2.24) is 25.3 Å². The van der Waals surface area contributed by atoms with Crippen molar-refractivity contribution in [3.8, 4) is 0 Å². The molecule has 0 unspecified atom stereocenters. The number of nitrogens with zero attached hydrogens (tertiary/aromatic N) is 4. The first-order valence-corrected chi connectivity index (χ1v) is 9.90. The zero-order chi connectivity index (χ0) is 18.1. The molecule has 2 heterocycles. The van der Waals surface area contributed by atoms with Crippen LogP contribution in [0.3, 0.4) is 0 Å². The first-order valence-electron chi connectivity index (χ1n) is 9.90. The lowest BCUT2D eigenvalue weighted by atomic mass is 10.1. The minimum absolute atomic E-state index is 0. The van der Waals surface area contributed by atoms with E-state index in [-0.39, 0.29) is 24.0 Å². The van der Waals surface area contributed by atoms with Gasteiger partial charge in [0.2, 0.25) is 0 Å².